The van der Waals surface area contributed by atoms with Crippen molar-refractivity contribution < 1.29 is 19.1 Å². The van der Waals surface area contributed by atoms with Crippen LogP contribution in [0.1, 0.15) is 44.7 Å². The molecule has 0 radical (unpaired) electrons. The third-order valence-electron chi connectivity index (χ3n) is 5.93. The highest BCUT2D eigenvalue weighted by atomic mass is 16.5. The molecule has 0 spiro atoms. The van der Waals surface area contributed by atoms with Gasteiger partial charge in [-0.25, -0.2) is 4.98 Å². The molecule has 0 aliphatic carbocycles. The van der Waals surface area contributed by atoms with Crippen LogP contribution in [0.3, 0.4) is 0 Å². The average molecular weight is 436 g/mol. The number of hydrogen-bond acceptors (Lipinski definition) is 5. The Bertz CT molecular complexity index is 1120. The minimum atomic E-state index is -1.03. The molecule has 1 amide bonds. The maximum Gasteiger partial charge on any atom is 0.321 e. The lowest BCUT2D eigenvalue weighted by molar-refractivity contribution is -0.153. The van der Waals surface area contributed by atoms with Crippen LogP contribution in [0, 0.1) is 5.92 Å². The maximum absolute atomic E-state index is 13.8. The second kappa shape index (κ2) is 9.42. The Morgan fingerprint density at radius 3 is 2.56 bits per heavy atom. The van der Waals surface area contributed by atoms with E-state index < -0.39 is 17.9 Å². The summed E-state index contributed by atoms with van der Waals surface area (Å²) >= 11 is 0. The van der Waals surface area contributed by atoms with E-state index in [4.69, 9.17) is 14.5 Å². The lowest BCUT2D eigenvalue weighted by Crippen LogP contribution is -2.50. The second-order valence-corrected chi connectivity index (χ2v) is 7.88. The van der Waals surface area contributed by atoms with Crippen molar-refractivity contribution in [3.8, 4) is 5.75 Å². The van der Waals surface area contributed by atoms with Gasteiger partial charge in [-0.05, 0) is 31.5 Å². The first kappa shape index (κ1) is 21.9. The fourth-order valence-electron chi connectivity index (χ4n) is 4.47. The molecule has 0 bridgehead atoms. The number of para-hydroxylation sites is 3. The molecule has 0 unspecified atom stereocenters. The Balaban J connectivity index is 1.97. The molecular formula is C25H29N3O4. The number of hydrogen-bond donors (Lipinski definition) is 0. The summed E-state index contributed by atoms with van der Waals surface area (Å²) in [4.78, 5) is 33.4. The van der Waals surface area contributed by atoms with Gasteiger partial charge in [-0.15, -0.1) is 0 Å². The van der Waals surface area contributed by atoms with Gasteiger partial charge in [-0.1, -0.05) is 50.1 Å². The van der Waals surface area contributed by atoms with Gasteiger partial charge in [0.25, 0.3) is 0 Å². The molecule has 7 nitrogen and oxygen atoms in total. The third-order valence-corrected chi connectivity index (χ3v) is 5.93. The minimum Gasteiger partial charge on any atom is -0.496 e. The fourth-order valence-corrected chi connectivity index (χ4v) is 4.47. The van der Waals surface area contributed by atoms with Gasteiger partial charge < -0.3 is 14.0 Å². The van der Waals surface area contributed by atoms with Gasteiger partial charge in [-0.2, -0.15) is 0 Å². The summed E-state index contributed by atoms with van der Waals surface area (Å²) in [5.74, 6) is -0.667. The van der Waals surface area contributed by atoms with Crippen LogP contribution < -0.4 is 9.64 Å². The number of aromatic nitrogens is 2. The monoisotopic (exact) mass is 435 g/mol. The first-order chi connectivity index (χ1) is 15.6. The summed E-state index contributed by atoms with van der Waals surface area (Å²) < 4.78 is 13.0. The zero-order chi connectivity index (χ0) is 22.7. The van der Waals surface area contributed by atoms with Crippen molar-refractivity contribution in [3.05, 3.63) is 54.1 Å². The highest BCUT2D eigenvalue weighted by Gasteiger charge is 2.48. The smallest absolute Gasteiger partial charge is 0.321 e. The molecule has 168 valence electrons. The molecule has 2 aromatic carbocycles. The molecule has 1 aliphatic rings. The van der Waals surface area contributed by atoms with Gasteiger partial charge >= 0.3 is 5.97 Å². The quantitative estimate of drug-likeness (QED) is 0.299. The van der Waals surface area contributed by atoms with Gasteiger partial charge in [0.2, 0.25) is 11.9 Å². The van der Waals surface area contributed by atoms with Crippen LogP contribution in [0.5, 0.6) is 5.75 Å². The first-order valence-electron chi connectivity index (χ1n) is 11.2. The Kier molecular flexibility index (Phi) is 6.44. The van der Waals surface area contributed by atoms with E-state index in [-0.39, 0.29) is 12.5 Å². The van der Waals surface area contributed by atoms with Crippen molar-refractivity contribution in [3.63, 3.8) is 0 Å². The summed E-state index contributed by atoms with van der Waals surface area (Å²) in [6.07, 6.45) is 2.86. The second-order valence-electron chi connectivity index (χ2n) is 7.88. The van der Waals surface area contributed by atoms with E-state index in [9.17, 15) is 9.59 Å². The van der Waals surface area contributed by atoms with Gasteiger partial charge in [0.15, 0.2) is 5.92 Å². The molecule has 0 N–H and O–H groups in total. The molecule has 2 atom stereocenters. The molecule has 3 aromatic rings. The zero-order valence-electron chi connectivity index (χ0n) is 18.8. The molecule has 7 heteroatoms. The number of imidazole rings is 1. The maximum atomic E-state index is 13.8. The van der Waals surface area contributed by atoms with Crippen molar-refractivity contribution in [2.24, 2.45) is 5.92 Å². The minimum absolute atomic E-state index is 0.203. The molecule has 2 heterocycles. The normalized spacial score (nSPS) is 18.0. The number of methoxy groups -OCH3 is 1. The number of unbranched alkanes of at least 4 members (excludes halogenated alkanes) is 2. The number of carbonyl (C=O) groups is 2. The van der Waals surface area contributed by atoms with Crippen molar-refractivity contribution in [2.45, 2.75) is 39.2 Å². The molecule has 0 saturated carbocycles. The number of anilines is 1. The summed E-state index contributed by atoms with van der Waals surface area (Å²) in [5, 5.41) is 0. The van der Waals surface area contributed by atoms with Gasteiger partial charge in [-0.3, -0.25) is 14.5 Å². The molecule has 0 fully saturated rings. The van der Waals surface area contributed by atoms with Crippen LogP contribution in [-0.4, -0.2) is 41.7 Å². The van der Waals surface area contributed by atoms with Crippen molar-refractivity contribution in [1.82, 2.24) is 9.55 Å². The first-order valence-corrected chi connectivity index (χ1v) is 11.2. The molecule has 4 rings (SSSR count). The topological polar surface area (TPSA) is 73.7 Å². The number of rotatable bonds is 8. The van der Waals surface area contributed by atoms with Crippen LogP contribution >= 0.6 is 0 Å². The van der Waals surface area contributed by atoms with Crippen molar-refractivity contribution >= 4 is 28.9 Å². The fraction of sp³-hybridized carbons (Fsp3) is 0.400. The summed E-state index contributed by atoms with van der Waals surface area (Å²) in [6, 6.07) is 14.6. The number of ether oxygens (including phenoxy) is 2. The highest BCUT2D eigenvalue weighted by molar-refractivity contribution is 6.08. The largest absolute Gasteiger partial charge is 0.496 e. The Morgan fingerprint density at radius 2 is 1.81 bits per heavy atom. The standard InChI is InChI=1S/C25H29N3O4/c1-4-6-11-16-27-23(29)21(24(30)32-5-2)22(17-12-7-10-15-20(17)31-3)28-19-14-9-8-13-18(19)26-25(27)28/h7-10,12-15,21-22H,4-6,11,16H2,1-3H3/t21-,22-/m0/s1. The molecule has 0 saturated heterocycles. The Labute approximate surface area is 187 Å². The summed E-state index contributed by atoms with van der Waals surface area (Å²) in [7, 11) is 1.59. The van der Waals surface area contributed by atoms with E-state index in [0.29, 0.717) is 18.2 Å². The van der Waals surface area contributed by atoms with Crippen LogP contribution in [0.2, 0.25) is 0 Å². The van der Waals surface area contributed by atoms with Gasteiger partial charge in [0, 0.05) is 12.1 Å². The van der Waals surface area contributed by atoms with Crippen molar-refractivity contribution in [1.29, 1.82) is 0 Å². The van der Waals surface area contributed by atoms with E-state index in [1.165, 1.54) is 0 Å². The lowest BCUT2D eigenvalue weighted by atomic mass is 9.88. The number of amides is 1. The summed E-state index contributed by atoms with van der Waals surface area (Å²) in [6.45, 7) is 4.58. The number of carbonyl (C=O) groups excluding carboxylic acids is 2. The number of esters is 1. The van der Waals surface area contributed by atoms with Crippen molar-refractivity contribution in [2.75, 3.05) is 25.2 Å². The lowest BCUT2D eigenvalue weighted by Gasteiger charge is -2.38. The van der Waals surface area contributed by atoms with E-state index in [1.807, 2.05) is 53.1 Å². The highest BCUT2D eigenvalue weighted by Crippen LogP contribution is 2.43. The van der Waals surface area contributed by atoms with Gasteiger partial charge in [0.05, 0.1) is 30.8 Å². The van der Waals surface area contributed by atoms with Crippen LogP contribution in [0.25, 0.3) is 11.0 Å². The van der Waals surface area contributed by atoms with Crippen LogP contribution in [0.15, 0.2) is 48.5 Å². The predicted octanol–water partition coefficient (Wildman–Crippen LogP) is 4.35. The number of benzene rings is 2. The Hall–Kier alpha value is -3.35. The van der Waals surface area contributed by atoms with E-state index in [2.05, 4.69) is 6.92 Å². The van der Waals surface area contributed by atoms with E-state index in [0.717, 1.165) is 35.9 Å². The number of nitrogens with zero attached hydrogens (tertiary/aromatic N) is 3. The van der Waals surface area contributed by atoms with E-state index >= 15 is 0 Å². The van der Waals surface area contributed by atoms with Crippen LogP contribution in [0.4, 0.5) is 5.95 Å². The SMILES string of the molecule is CCCCCN1C(=O)[C@@H](C(=O)OCC)[C@H](c2ccccc2OC)n2c1nc1ccccc12. The van der Waals surface area contributed by atoms with E-state index in [1.54, 1.807) is 18.9 Å². The number of fused-ring (bicyclic) bond motifs is 3. The van der Waals surface area contributed by atoms with Gasteiger partial charge in [0.1, 0.15) is 5.75 Å². The summed E-state index contributed by atoms with van der Waals surface area (Å²) in [5.41, 5.74) is 2.39. The predicted molar refractivity (Wildman–Crippen MR) is 123 cm³/mol. The third kappa shape index (κ3) is 3.72. The average Bonchev–Trinajstić information content (AvgIpc) is 3.19. The molecule has 1 aromatic heterocycles. The zero-order valence-corrected chi connectivity index (χ0v) is 18.8. The molecular weight excluding hydrogens is 406 g/mol. The van der Waals surface area contributed by atoms with Crippen LogP contribution in [-0.2, 0) is 14.3 Å². The Morgan fingerprint density at radius 1 is 1.06 bits per heavy atom. The molecule has 32 heavy (non-hydrogen) atoms. The molecule has 1 aliphatic heterocycles.